The van der Waals surface area contributed by atoms with Gasteiger partial charge in [-0.05, 0) is 18.2 Å². The van der Waals surface area contributed by atoms with Gasteiger partial charge in [-0.15, -0.1) is 0 Å². The summed E-state index contributed by atoms with van der Waals surface area (Å²) in [6.45, 7) is 0. The van der Waals surface area contributed by atoms with E-state index in [1.165, 1.54) is 24.5 Å². The molecule has 0 aliphatic carbocycles. The van der Waals surface area contributed by atoms with Crippen LogP contribution >= 0.6 is 15.9 Å². The third-order valence-corrected chi connectivity index (χ3v) is 2.30. The van der Waals surface area contributed by atoms with Crippen LogP contribution in [0.3, 0.4) is 0 Å². The van der Waals surface area contributed by atoms with E-state index in [2.05, 4.69) is 31.1 Å². The van der Waals surface area contributed by atoms with Gasteiger partial charge in [-0.2, -0.15) is 5.10 Å². The van der Waals surface area contributed by atoms with Gasteiger partial charge in [-0.1, -0.05) is 15.9 Å². The quantitative estimate of drug-likeness (QED) is 0.848. The number of carbonyl (C=O) groups excluding carboxylic acids is 1. The number of ketones is 1. The Kier molecular flexibility index (Phi) is 2.59. The highest BCUT2D eigenvalue weighted by molar-refractivity contribution is 9.10. The molecule has 0 saturated carbocycles. The Labute approximate surface area is 92.7 Å². The van der Waals surface area contributed by atoms with Crippen molar-refractivity contribution in [1.29, 1.82) is 0 Å². The van der Waals surface area contributed by atoms with Gasteiger partial charge in [0.25, 0.3) is 0 Å². The minimum Gasteiger partial charge on any atom is -0.285 e. The predicted octanol–water partition coefficient (Wildman–Crippen LogP) is 1.94. The topological polar surface area (TPSA) is 58.6 Å². The number of hydrogen-bond donors (Lipinski definition) is 1. The average Bonchev–Trinajstić information content (AvgIpc) is 2.74. The zero-order valence-corrected chi connectivity index (χ0v) is 8.95. The van der Waals surface area contributed by atoms with Crippen LogP contribution in [0.25, 0.3) is 0 Å². The Bertz CT molecular complexity index is 498. The molecule has 15 heavy (non-hydrogen) atoms. The molecule has 0 saturated heterocycles. The van der Waals surface area contributed by atoms with Crippen molar-refractivity contribution in [3.63, 3.8) is 0 Å². The maximum atomic E-state index is 13.3. The summed E-state index contributed by atoms with van der Waals surface area (Å²) in [6.07, 6.45) is 1.20. The van der Waals surface area contributed by atoms with Gasteiger partial charge in [0.1, 0.15) is 12.1 Å². The zero-order chi connectivity index (χ0) is 10.8. The Hall–Kier alpha value is -1.56. The lowest BCUT2D eigenvalue weighted by Gasteiger charge is -1.99. The molecule has 1 aromatic carbocycles. The minimum atomic E-state index is -0.584. The van der Waals surface area contributed by atoms with Crippen LogP contribution in [0.1, 0.15) is 16.2 Å². The van der Waals surface area contributed by atoms with Crippen molar-refractivity contribution in [2.75, 3.05) is 0 Å². The van der Waals surface area contributed by atoms with E-state index in [9.17, 15) is 9.18 Å². The summed E-state index contributed by atoms with van der Waals surface area (Å²) >= 11 is 3.16. The Morgan fingerprint density at radius 3 is 2.93 bits per heavy atom. The van der Waals surface area contributed by atoms with Gasteiger partial charge >= 0.3 is 0 Å². The number of aromatic amines is 1. The first-order chi connectivity index (χ1) is 7.18. The van der Waals surface area contributed by atoms with Crippen LogP contribution in [0.4, 0.5) is 4.39 Å². The van der Waals surface area contributed by atoms with Crippen molar-refractivity contribution in [3.8, 4) is 0 Å². The number of rotatable bonds is 2. The van der Waals surface area contributed by atoms with Crippen LogP contribution in [0.5, 0.6) is 0 Å². The highest BCUT2D eigenvalue weighted by atomic mass is 79.9. The number of halogens is 2. The van der Waals surface area contributed by atoms with Crippen molar-refractivity contribution in [2.45, 2.75) is 0 Å². The summed E-state index contributed by atoms with van der Waals surface area (Å²) in [7, 11) is 0. The van der Waals surface area contributed by atoms with Crippen LogP contribution in [-0.2, 0) is 0 Å². The molecule has 0 amide bonds. The number of hydrogen-bond acceptors (Lipinski definition) is 3. The summed E-state index contributed by atoms with van der Waals surface area (Å²) in [5.41, 5.74) is -0.0406. The smallest absolute Gasteiger partial charge is 0.232 e. The highest BCUT2D eigenvalue weighted by Crippen LogP contribution is 2.17. The van der Waals surface area contributed by atoms with E-state index in [-0.39, 0.29) is 11.4 Å². The number of carbonyl (C=O) groups is 1. The maximum absolute atomic E-state index is 13.3. The van der Waals surface area contributed by atoms with Gasteiger partial charge in [-0.25, -0.2) is 9.37 Å². The minimum absolute atomic E-state index is 0.0204. The first-order valence-corrected chi connectivity index (χ1v) is 4.83. The summed E-state index contributed by atoms with van der Waals surface area (Å²) in [5.74, 6) is -1.09. The molecule has 1 heterocycles. The molecule has 0 bridgehead atoms. The van der Waals surface area contributed by atoms with Crippen molar-refractivity contribution in [1.82, 2.24) is 15.2 Å². The number of nitrogens with zero attached hydrogens (tertiary/aromatic N) is 2. The molecule has 1 N–H and O–H groups in total. The van der Waals surface area contributed by atoms with Gasteiger partial charge < -0.3 is 0 Å². The molecule has 76 valence electrons. The van der Waals surface area contributed by atoms with E-state index >= 15 is 0 Å². The standard InChI is InChI=1S/C9H5BrFN3O/c10-5-1-2-7(11)6(3-5)8(15)9-12-4-13-14-9/h1-4H,(H,12,13,14). The van der Waals surface area contributed by atoms with Crippen LogP contribution in [0, 0.1) is 5.82 Å². The molecule has 0 fully saturated rings. The Morgan fingerprint density at radius 1 is 1.47 bits per heavy atom. The second-order valence-electron chi connectivity index (χ2n) is 2.79. The van der Waals surface area contributed by atoms with Crippen molar-refractivity contribution >= 4 is 21.7 Å². The fourth-order valence-corrected chi connectivity index (χ4v) is 1.48. The molecule has 0 unspecified atom stereocenters. The number of nitrogens with one attached hydrogen (secondary N) is 1. The number of benzene rings is 1. The molecule has 0 atom stereocenters. The van der Waals surface area contributed by atoms with Gasteiger partial charge in [-0.3, -0.25) is 9.89 Å². The predicted molar refractivity (Wildman–Crippen MR) is 53.9 cm³/mol. The molecule has 2 rings (SSSR count). The first-order valence-electron chi connectivity index (χ1n) is 4.03. The number of aromatic nitrogens is 3. The van der Waals surface area contributed by atoms with Gasteiger partial charge in [0.05, 0.1) is 5.56 Å². The first kappa shape index (κ1) is 9.97. The highest BCUT2D eigenvalue weighted by Gasteiger charge is 2.16. The largest absolute Gasteiger partial charge is 0.285 e. The summed E-state index contributed by atoms with van der Waals surface area (Å²) in [6, 6.07) is 4.14. The maximum Gasteiger partial charge on any atom is 0.232 e. The second-order valence-corrected chi connectivity index (χ2v) is 3.70. The van der Waals surface area contributed by atoms with Crippen molar-refractivity contribution < 1.29 is 9.18 Å². The van der Waals surface area contributed by atoms with Crippen molar-refractivity contribution in [3.05, 3.63) is 46.2 Å². The fraction of sp³-hybridized carbons (Fsp3) is 0. The second kappa shape index (κ2) is 3.90. The number of H-pyrrole nitrogens is 1. The van der Waals surface area contributed by atoms with E-state index in [4.69, 9.17) is 0 Å². The van der Waals surface area contributed by atoms with Crippen LogP contribution in [0.15, 0.2) is 29.0 Å². The van der Waals surface area contributed by atoms with E-state index in [1.807, 2.05) is 0 Å². The van der Waals surface area contributed by atoms with E-state index < -0.39 is 11.6 Å². The third kappa shape index (κ3) is 1.94. The van der Waals surface area contributed by atoms with Crippen LogP contribution < -0.4 is 0 Å². The SMILES string of the molecule is O=C(c1ncn[nH]1)c1cc(Br)ccc1F. The molecule has 0 spiro atoms. The molecular formula is C9H5BrFN3O. The lowest BCUT2D eigenvalue weighted by atomic mass is 10.1. The molecule has 6 heteroatoms. The van der Waals surface area contributed by atoms with Crippen LogP contribution in [0.2, 0.25) is 0 Å². The summed E-state index contributed by atoms with van der Waals surface area (Å²) < 4.78 is 13.9. The lowest BCUT2D eigenvalue weighted by molar-refractivity contribution is 0.102. The van der Waals surface area contributed by atoms with Gasteiger partial charge in [0.2, 0.25) is 5.78 Å². The molecule has 1 aromatic heterocycles. The third-order valence-electron chi connectivity index (χ3n) is 1.80. The van der Waals surface area contributed by atoms with Crippen LogP contribution in [-0.4, -0.2) is 21.0 Å². The summed E-state index contributed by atoms with van der Waals surface area (Å²) in [5, 5.41) is 5.92. The van der Waals surface area contributed by atoms with E-state index in [0.717, 1.165) is 0 Å². The molecule has 4 nitrogen and oxygen atoms in total. The molecule has 2 aromatic rings. The Balaban J connectivity index is 2.46. The van der Waals surface area contributed by atoms with Gasteiger partial charge in [0, 0.05) is 4.47 Å². The lowest BCUT2D eigenvalue weighted by Crippen LogP contribution is -2.06. The van der Waals surface area contributed by atoms with Gasteiger partial charge in [0.15, 0.2) is 5.82 Å². The van der Waals surface area contributed by atoms with E-state index in [0.29, 0.717) is 4.47 Å². The molecular weight excluding hydrogens is 265 g/mol. The fourth-order valence-electron chi connectivity index (χ4n) is 1.11. The molecule has 0 aliphatic rings. The monoisotopic (exact) mass is 269 g/mol. The van der Waals surface area contributed by atoms with Crippen molar-refractivity contribution in [2.24, 2.45) is 0 Å². The van der Waals surface area contributed by atoms with E-state index in [1.54, 1.807) is 0 Å². The molecule has 0 radical (unpaired) electrons. The zero-order valence-electron chi connectivity index (χ0n) is 7.37. The summed E-state index contributed by atoms with van der Waals surface area (Å²) in [4.78, 5) is 15.4. The molecule has 0 aliphatic heterocycles. The Morgan fingerprint density at radius 2 is 2.27 bits per heavy atom. The average molecular weight is 270 g/mol. The normalized spacial score (nSPS) is 10.3.